The van der Waals surface area contributed by atoms with Gasteiger partial charge in [-0.15, -0.1) is 5.10 Å². The average molecular weight is 461 g/mol. The number of carbonyl (C=O) groups excluding carboxylic acids is 2. The molecule has 0 bridgehead atoms. The van der Waals surface area contributed by atoms with Gasteiger partial charge in [0.1, 0.15) is 0 Å². The summed E-state index contributed by atoms with van der Waals surface area (Å²) < 4.78 is 5.91. The number of thioether (sulfide) groups is 1. The monoisotopic (exact) mass is 460 g/mol. The van der Waals surface area contributed by atoms with Crippen molar-refractivity contribution in [1.82, 2.24) is 15.2 Å². The van der Waals surface area contributed by atoms with Crippen LogP contribution in [0.2, 0.25) is 0 Å². The summed E-state index contributed by atoms with van der Waals surface area (Å²) >= 11 is 4.62. The van der Waals surface area contributed by atoms with Gasteiger partial charge in [-0.2, -0.15) is 0 Å². The van der Waals surface area contributed by atoms with E-state index >= 15 is 0 Å². The van der Waals surface area contributed by atoms with Crippen molar-refractivity contribution >= 4 is 45.3 Å². The van der Waals surface area contributed by atoms with Crippen LogP contribution in [0.15, 0.2) is 58.2 Å². The maximum absolute atomic E-state index is 12.1. The Bertz CT molecular complexity index is 958. The highest BCUT2D eigenvalue weighted by Gasteiger charge is 2.10. The number of anilines is 1. The molecule has 0 atom stereocenters. The predicted molar refractivity (Wildman–Crippen MR) is 111 cm³/mol. The first-order valence-corrected chi connectivity index (χ1v) is 10.2. The number of rotatable bonds is 7. The number of aromatic amines is 1. The van der Waals surface area contributed by atoms with E-state index in [0.717, 1.165) is 10.0 Å². The summed E-state index contributed by atoms with van der Waals surface area (Å²) in [6.07, 6.45) is 0. The van der Waals surface area contributed by atoms with Gasteiger partial charge >= 0.3 is 5.97 Å². The maximum Gasteiger partial charge on any atom is 0.338 e. The molecular formula is C19H17BrN4O3S. The first-order chi connectivity index (χ1) is 13.5. The van der Waals surface area contributed by atoms with E-state index < -0.39 is 0 Å². The molecule has 3 rings (SSSR count). The van der Waals surface area contributed by atoms with Crippen LogP contribution in [0.4, 0.5) is 5.69 Å². The first kappa shape index (κ1) is 20.1. The van der Waals surface area contributed by atoms with E-state index in [9.17, 15) is 9.59 Å². The molecule has 1 heterocycles. The fraction of sp³-hybridized carbons (Fsp3) is 0.158. The summed E-state index contributed by atoms with van der Waals surface area (Å²) in [5.74, 6) is 0.230. The second-order valence-electron chi connectivity index (χ2n) is 5.61. The molecule has 0 spiro atoms. The molecule has 9 heteroatoms. The van der Waals surface area contributed by atoms with Crippen LogP contribution in [-0.4, -0.2) is 39.4 Å². The number of benzene rings is 2. The van der Waals surface area contributed by atoms with Gasteiger partial charge in [-0.3, -0.25) is 9.89 Å². The number of hydrogen-bond acceptors (Lipinski definition) is 6. The van der Waals surface area contributed by atoms with E-state index in [4.69, 9.17) is 4.74 Å². The molecule has 2 N–H and O–H groups in total. The van der Waals surface area contributed by atoms with Crippen LogP contribution in [0.3, 0.4) is 0 Å². The Morgan fingerprint density at radius 3 is 2.54 bits per heavy atom. The molecule has 144 valence electrons. The average Bonchev–Trinajstić information content (AvgIpc) is 3.17. The van der Waals surface area contributed by atoms with Crippen molar-refractivity contribution in [2.75, 3.05) is 17.7 Å². The van der Waals surface area contributed by atoms with E-state index in [1.807, 2.05) is 24.3 Å². The fourth-order valence-electron chi connectivity index (χ4n) is 2.28. The fourth-order valence-corrected chi connectivity index (χ4v) is 3.14. The molecule has 1 amide bonds. The van der Waals surface area contributed by atoms with Crippen LogP contribution in [0.25, 0.3) is 11.4 Å². The van der Waals surface area contributed by atoms with Gasteiger partial charge in [0.2, 0.25) is 11.1 Å². The predicted octanol–water partition coefficient (Wildman–Crippen LogP) is 4.14. The number of nitrogens with zero attached hydrogens (tertiary/aromatic N) is 2. The molecule has 1 aromatic heterocycles. The number of H-pyrrole nitrogens is 1. The van der Waals surface area contributed by atoms with Gasteiger partial charge in [-0.05, 0) is 43.3 Å². The maximum atomic E-state index is 12.1. The lowest BCUT2D eigenvalue weighted by Crippen LogP contribution is -2.14. The van der Waals surface area contributed by atoms with E-state index in [0.29, 0.717) is 28.8 Å². The van der Waals surface area contributed by atoms with Crippen molar-refractivity contribution in [2.24, 2.45) is 0 Å². The Hall–Kier alpha value is -2.65. The SMILES string of the molecule is CCOC(=O)c1ccc(NC(=O)CSc2n[nH]c(-c3ccc(Br)cc3)n2)cc1. The highest BCUT2D eigenvalue weighted by Crippen LogP contribution is 2.21. The summed E-state index contributed by atoms with van der Waals surface area (Å²) in [6, 6.07) is 14.2. The molecular weight excluding hydrogens is 444 g/mol. The van der Waals surface area contributed by atoms with Crippen LogP contribution < -0.4 is 5.32 Å². The van der Waals surface area contributed by atoms with Gasteiger partial charge in [-0.1, -0.05) is 39.8 Å². The standard InChI is InChI=1S/C19H17BrN4O3S/c1-2-27-18(26)13-5-9-15(10-6-13)21-16(25)11-28-19-22-17(23-24-19)12-3-7-14(20)8-4-12/h3-10H,2,11H2,1H3,(H,21,25)(H,22,23,24). The Kier molecular flexibility index (Phi) is 6.83. The van der Waals surface area contributed by atoms with Gasteiger partial charge in [0.15, 0.2) is 5.82 Å². The number of ether oxygens (including phenoxy) is 1. The Balaban J connectivity index is 1.52. The lowest BCUT2D eigenvalue weighted by atomic mass is 10.2. The van der Waals surface area contributed by atoms with Crippen LogP contribution >= 0.6 is 27.7 Å². The Labute approximate surface area is 174 Å². The van der Waals surface area contributed by atoms with Crippen molar-refractivity contribution in [3.05, 3.63) is 58.6 Å². The third-order valence-electron chi connectivity index (χ3n) is 3.59. The van der Waals surface area contributed by atoms with Crippen LogP contribution in [0.5, 0.6) is 0 Å². The highest BCUT2D eigenvalue weighted by molar-refractivity contribution is 9.10. The number of esters is 1. The zero-order valence-electron chi connectivity index (χ0n) is 14.9. The van der Waals surface area contributed by atoms with Crippen LogP contribution in [-0.2, 0) is 9.53 Å². The Morgan fingerprint density at radius 1 is 1.14 bits per heavy atom. The van der Waals surface area contributed by atoms with Gasteiger partial charge in [0, 0.05) is 15.7 Å². The lowest BCUT2D eigenvalue weighted by Gasteiger charge is -2.05. The van der Waals surface area contributed by atoms with Crippen molar-refractivity contribution in [3.8, 4) is 11.4 Å². The second kappa shape index (κ2) is 9.52. The van der Waals surface area contributed by atoms with Gasteiger partial charge in [-0.25, -0.2) is 9.78 Å². The molecule has 3 aromatic rings. The number of hydrogen-bond donors (Lipinski definition) is 2. The summed E-state index contributed by atoms with van der Waals surface area (Å²) in [6.45, 7) is 2.07. The third-order valence-corrected chi connectivity index (χ3v) is 4.97. The largest absolute Gasteiger partial charge is 0.462 e. The smallest absolute Gasteiger partial charge is 0.338 e. The second-order valence-corrected chi connectivity index (χ2v) is 7.47. The topological polar surface area (TPSA) is 97.0 Å². The van der Waals surface area contributed by atoms with E-state index in [1.165, 1.54) is 11.8 Å². The van der Waals surface area contributed by atoms with Crippen molar-refractivity contribution in [1.29, 1.82) is 0 Å². The Morgan fingerprint density at radius 2 is 1.86 bits per heavy atom. The lowest BCUT2D eigenvalue weighted by molar-refractivity contribution is -0.113. The summed E-state index contributed by atoms with van der Waals surface area (Å²) in [7, 11) is 0. The molecule has 2 aromatic carbocycles. The van der Waals surface area contributed by atoms with Gasteiger partial charge in [0.05, 0.1) is 17.9 Å². The summed E-state index contributed by atoms with van der Waals surface area (Å²) in [5, 5.41) is 10.3. The molecule has 0 aliphatic heterocycles. The minimum absolute atomic E-state index is 0.164. The molecule has 0 aliphatic rings. The number of aromatic nitrogens is 3. The summed E-state index contributed by atoms with van der Waals surface area (Å²) in [5.41, 5.74) is 1.95. The number of halogens is 1. The van der Waals surface area contributed by atoms with Gasteiger partial charge in [0.25, 0.3) is 0 Å². The van der Waals surface area contributed by atoms with E-state index in [2.05, 4.69) is 36.4 Å². The number of amides is 1. The first-order valence-electron chi connectivity index (χ1n) is 8.43. The number of nitrogens with one attached hydrogen (secondary N) is 2. The van der Waals surface area contributed by atoms with Crippen molar-refractivity contribution < 1.29 is 14.3 Å². The highest BCUT2D eigenvalue weighted by atomic mass is 79.9. The molecule has 7 nitrogen and oxygen atoms in total. The van der Waals surface area contributed by atoms with Crippen LogP contribution in [0.1, 0.15) is 17.3 Å². The normalized spacial score (nSPS) is 10.5. The van der Waals surface area contributed by atoms with Crippen molar-refractivity contribution in [3.63, 3.8) is 0 Å². The third kappa shape index (κ3) is 5.43. The number of carbonyl (C=O) groups is 2. The molecule has 0 unspecified atom stereocenters. The molecule has 0 radical (unpaired) electrons. The zero-order valence-corrected chi connectivity index (χ0v) is 17.3. The van der Waals surface area contributed by atoms with Crippen LogP contribution in [0, 0.1) is 0 Å². The van der Waals surface area contributed by atoms with E-state index in [1.54, 1.807) is 31.2 Å². The summed E-state index contributed by atoms with van der Waals surface area (Å²) in [4.78, 5) is 28.1. The molecule has 0 aliphatic carbocycles. The zero-order chi connectivity index (χ0) is 19.9. The van der Waals surface area contributed by atoms with Crippen molar-refractivity contribution in [2.45, 2.75) is 12.1 Å². The molecule has 0 fully saturated rings. The quantitative estimate of drug-likeness (QED) is 0.406. The van der Waals surface area contributed by atoms with Gasteiger partial charge < -0.3 is 10.1 Å². The van der Waals surface area contributed by atoms with E-state index in [-0.39, 0.29) is 17.6 Å². The minimum atomic E-state index is -0.387. The minimum Gasteiger partial charge on any atom is -0.462 e. The molecule has 0 saturated carbocycles. The molecule has 0 saturated heterocycles. The molecule has 28 heavy (non-hydrogen) atoms.